The molecule has 6 heteroatoms. The average Bonchev–Trinajstić information content (AvgIpc) is 3.29. The molecule has 110 valence electrons. The Morgan fingerprint density at radius 1 is 1.09 bits per heavy atom. The molecule has 1 fully saturated rings. The largest absolute Gasteiger partial charge is 0.374 e. The fraction of sp³-hybridized carbons (Fsp3) is 0.188. The van der Waals surface area contributed by atoms with Gasteiger partial charge in [0, 0.05) is 6.04 Å². The molecular weight excluding hydrogens is 296 g/mol. The topological polar surface area (TPSA) is 73.8 Å². The molecule has 0 saturated heterocycles. The van der Waals surface area contributed by atoms with Crippen LogP contribution in [0.2, 0.25) is 0 Å². The summed E-state index contributed by atoms with van der Waals surface area (Å²) in [4.78, 5) is 12.9. The molecule has 2 heterocycles. The maximum Gasteiger partial charge on any atom is 0.261 e. The van der Waals surface area contributed by atoms with Crippen LogP contribution < -0.4 is 11.3 Å². The molecule has 3 aromatic rings. The van der Waals surface area contributed by atoms with Gasteiger partial charge in [-0.1, -0.05) is 41.7 Å². The molecule has 2 aromatic heterocycles. The Balaban J connectivity index is 1.92. The minimum Gasteiger partial charge on any atom is -0.374 e. The summed E-state index contributed by atoms with van der Waals surface area (Å²) in [7, 11) is 0. The first kappa shape index (κ1) is 13.2. The number of anilines is 1. The summed E-state index contributed by atoms with van der Waals surface area (Å²) in [5.41, 5.74) is 8.19. The van der Waals surface area contributed by atoms with Crippen LogP contribution in [-0.2, 0) is 0 Å². The summed E-state index contributed by atoms with van der Waals surface area (Å²) >= 11 is 1.24. The molecule has 22 heavy (non-hydrogen) atoms. The lowest BCUT2D eigenvalue weighted by molar-refractivity contribution is 0.717. The Morgan fingerprint density at radius 2 is 1.86 bits per heavy atom. The number of nitrogen functional groups attached to an aromatic ring is 1. The second-order valence-electron chi connectivity index (χ2n) is 5.35. The number of hydrogen-bond donors (Lipinski definition) is 1. The highest BCUT2D eigenvalue weighted by Crippen LogP contribution is 2.38. The fourth-order valence-corrected chi connectivity index (χ4v) is 3.23. The Bertz CT molecular complexity index is 881. The number of benzene rings is 1. The van der Waals surface area contributed by atoms with E-state index in [4.69, 9.17) is 5.73 Å². The summed E-state index contributed by atoms with van der Waals surface area (Å²) in [5, 5.41) is 8.76. The van der Waals surface area contributed by atoms with Crippen LogP contribution in [0.5, 0.6) is 0 Å². The van der Waals surface area contributed by atoms with Crippen LogP contribution in [0.1, 0.15) is 18.9 Å². The van der Waals surface area contributed by atoms with Crippen LogP contribution in [0.15, 0.2) is 47.3 Å². The molecule has 0 amide bonds. The normalized spacial score (nSPS) is 14.2. The number of pyridine rings is 1. The minimum atomic E-state index is -0.0139. The van der Waals surface area contributed by atoms with E-state index in [1.807, 2.05) is 47.0 Å². The van der Waals surface area contributed by atoms with Gasteiger partial charge in [0.25, 0.3) is 5.56 Å². The van der Waals surface area contributed by atoms with Gasteiger partial charge in [0.05, 0.1) is 11.3 Å². The van der Waals surface area contributed by atoms with E-state index >= 15 is 0 Å². The van der Waals surface area contributed by atoms with Crippen LogP contribution in [0, 0.1) is 0 Å². The van der Waals surface area contributed by atoms with Gasteiger partial charge >= 0.3 is 0 Å². The van der Waals surface area contributed by atoms with Crippen molar-refractivity contribution < 1.29 is 0 Å². The summed E-state index contributed by atoms with van der Waals surface area (Å²) in [6, 6.07) is 14.1. The lowest BCUT2D eigenvalue weighted by atomic mass is 10.1. The highest BCUT2D eigenvalue weighted by Gasteiger charge is 2.28. The van der Waals surface area contributed by atoms with Gasteiger partial charge < -0.3 is 10.3 Å². The van der Waals surface area contributed by atoms with Crippen LogP contribution >= 0.6 is 11.3 Å². The first-order valence-electron chi connectivity index (χ1n) is 7.14. The third kappa shape index (κ3) is 2.21. The molecule has 0 atom stereocenters. The van der Waals surface area contributed by atoms with E-state index in [1.165, 1.54) is 11.3 Å². The van der Waals surface area contributed by atoms with Gasteiger partial charge in [-0.15, -0.1) is 10.2 Å². The summed E-state index contributed by atoms with van der Waals surface area (Å²) < 4.78 is 1.89. The first-order valence-corrected chi connectivity index (χ1v) is 7.96. The number of hydrogen-bond acceptors (Lipinski definition) is 5. The average molecular weight is 310 g/mol. The minimum absolute atomic E-state index is 0.0139. The van der Waals surface area contributed by atoms with Gasteiger partial charge in [-0.3, -0.25) is 4.79 Å². The molecule has 1 aliphatic carbocycles. The summed E-state index contributed by atoms with van der Waals surface area (Å²) in [5.74, 6) is 0. The zero-order valence-electron chi connectivity index (χ0n) is 11.8. The zero-order chi connectivity index (χ0) is 15.1. The number of nitrogens with zero attached hydrogens (tertiary/aromatic N) is 3. The second-order valence-corrected chi connectivity index (χ2v) is 6.36. The Hall–Kier alpha value is -2.47. The molecule has 5 nitrogen and oxygen atoms in total. The molecule has 0 aliphatic heterocycles. The predicted molar refractivity (Wildman–Crippen MR) is 87.7 cm³/mol. The fourth-order valence-electron chi connectivity index (χ4n) is 2.60. The molecule has 1 saturated carbocycles. The molecule has 0 bridgehead atoms. The molecule has 0 spiro atoms. The van der Waals surface area contributed by atoms with Crippen molar-refractivity contribution in [1.82, 2.24) is 14.8 Å². The van der Waals surface area contributed by atoms with E-state index in [0.717, 1.165) is 24.1 Å². The van der Waals surface area contributed by atoms with Gasteiger partial charge in [-0.05, 0) is 30.5 Å². The molecule has 1 aliphatic rings. The van der Waals surface area contributed by atoms with Crippen molar-refractivity contribution in [2.45, 2.75) is 18.9 Å². The first-order chi connectivity index (χ1) is 10.7. The monoisotopic (exact) mass is 310 g/mol. The van der Waals surface area contributed by atoms with Gasteiger partial charge in [0.2, 0.25) is 5.13 Å². The Morgan fingerprint density at radius 3 is 2.50 bits per heavy atom. The third-order valence-corrected chi connectivity index (χ3v) is 4.55. The maximum absolute atomic E-state index is 12.9. The lowest BCUT2D eigenvalue weighted by Gasteiger charge is -2.13. The van der Waals surface area contributed by atoms with Crippen molar-refractivity contribution >= 4 is 16.5 Å². The van der Waals surface area contributed by atoms with Crippen molar-refractivity contribution in [2.24, 2.45) is 0 Å². The third-order valence-electron chi connectivity index (χ3n) is 3.77. The SMILES string of the molecule is Nc1nnc(-c2ccc(-c3ccccc3)n(C3CC3)c2=O)s1. The van der Waals surface area contributed by atoms with Gasteiger partial charge in [-0.25, -0.2) is 0 Å². The van der Waals surface area contributed by atoms with E-state index in [-0.39, 0.29) is 11.6 Å². The Labute approximate surface area is 131 Å². The molecular formula is C16H14N4OS. The van der Waals surface area contributed by atoms with Crippen LogP contribution in [-0.4, -0.2) is 14.8 Å². The number of nitrogens with two attached hydrogens (primary N) is 1. The summed E-state index contributed by atoms with van der Waals surface area (Å²) in [6.45, 7) is 0. The molecule has 0 radical (unpaired) electrons. The van der Waals surface area contributed by atoms with Gasteiger partial charge in [0.1, 0.15) is 0 Å². The van der Waals surface area contributed by atoms with E-state index < -0.39 is 0 Å². The van der Waals surface area contributed by atoms with Crippen molar-refractivity contribution in [1.29, 1.82) is 0 Å². The number of aromatic nitrogens is 3. The van der Waals surface area contributed by atoms with Crippen LogP contribution in [0.4, 0.5) is 5.13 Å². The zero-order valence-corrected chi connectivity index (χ0v) is 12.6. The van der Waals surface area contributed by atoms with Crippen molar-refractivity contribution in [3.8, 4) is 21.8 Å². The lowest BCUT2D eigenvalue weighted by Crippen LogP contribution is -2.22. The quantitative estimate of drug-likeness (QED) is 0.807. The second kappa shape index (κ2) is 5.06. The van der Waals surface area contributed by atoms with Crippen LogP contribution in [0.25, 0.3) is 21.8 Å². The molecule has 0 unspecified atom stereocenters. The van der Waals surface area contributed by atoms with E-state index in [0.29, 0.717) is 15.7 Å². The van der Waals surface area contributed by atoms with E-state index in [1.54, 1.807) is 0 Å². The number of rotatable bonds is 3. The van der Waals surface area contributed by atoms with Gasteiger partial charge in [-0.2, -0.15) is 0 Å². The molecule has 1 aromatic carbocycles. The van der Waals surface area contributed by atoms with Crippen molar-refractivity contribution in [3.63, 3.8) is 0 Å². The highest BCUT2D eigenvalue weighted by atomic mass is 32.1. The highest BCUT2D eigenvalue weighted by molar-refractivity contribution is 7.18. The molecule has 4 rings (SSSR count). The van der Waals surface area contributed by atoms with Crippen molar-refractivity contribution in [2.75, 3.05) is 5.73 Å². The Kier molecular flexibility index (Phi) is 3.04. The van der Waals surface area contributed by atoms with Gasteiger partial charge in [0.15, 0.2) is 5.01 Å². The van der Waals surface area contributed by atoms with Crippen LogP contribution in [0.3, 0.4) is 0 Å². The predicted octanol–water partition coefficient (Wildman–Crippen LogP) is 2.95. The standard InChI is InChI=1S/C16H14N4OS/c17-16-19-18-14(22-16)12-8-9-13(10-4-2-1-3-5-10)20(15(12)21)11-6-7-11/h1-5,8-9,11H,6-7H2,(H2,17,19). The van der Waals surface area contributed by atoms with E-state index in [9.17, 15) is 4.79 Å². The maximum atomic E-state index is 12.9. The van der Waals surface area contributed by atoms with Crippen molar-refractivity contribution in [3.05, 3.63) is 52.8 Å². The van der Waals surface area contributed by atoms with E-state index in [2.05, 4.69) is 10.2 Å². The summed E-state index contributed by atoms with van der Waals surface area (Å²) in [6.07, 6.45) is 2.09. The smallest absolute Gasteiger partial charge is 0.261 e. The molecule has 2 N–H and O–H groups in total.